The second kappa shape index (κ2) is 6.62. The van der Waals surface area contributed by atoms with Crippen molar-refractivity contribution in [3.05, 3.63) is 34.9 Å². The van der Waals surface area contributed by atoms with E-state index in [9.17, 15) is 4.79 Å². The maximum Gasteiger partial charge on any atom is 0.222 e. The zero-order valence-corrected chi connectivity index (χ0v) is 11.0. The average molecular weight is 255 g/mol. The van der Waals surface area contributed by atoms with E-state index in [0.29, 0.717) is 11.4 Å². The van der Waals surface area contributed by atoms with E-state index in [4.69, 9.17) is 17.3 Å². The standard InChI is InChI=1S/C13H19ClN2O/c1-3-12(15)8-13(17)16-9(2)10-5-4-6-11(14)7-10/h4-7,9,12H,3,8,15H2,1-2H3,(H,16,17). The zero-order valence-electron chi connectivity index (χ0n) is 10.2. The molecule has 0 heterocycles. The van der Waals surface area contributed by atoms with Crippen LogP contribution in [0.4, 0.5) is 0 Å². The van der Waals surface area contributed by atoms with Gasteiger partial charge in [0.1, 0.15) is 0 Å². The van der Waals surface area contributed by atoms with E-state index < -0.39 is 0 Å². The van der Waals surface area contributed by atoms with Gasteiger partial charge in [0.05, 0.1) is 6.04 Å². The summed E-state index contributed by atoms with van der Waals surface area (Å²) in [6.07, 6.45) is 1.17. The van der Waals surface area contributed by atoms with Crippen LogP contribution in [0.3, 0.4) is 0 Å². The summed E-state index contributed by atoms with van der Waals surface area (Å²) in [6.45, 7) is 3.90. The smallest absolute Gasteiger partial charge is 0.222 e. The molecule has 0 aliphatic heterocycles. The van der Waals surface area contributed by atoms with Crippen LogP contribution in [0, 0.1) is 0 Å². The minimum Gasteiger partial charge on any atom is -0.350 e. The minimum absolute atomic E-state index is 0.0215. The quantitative estimate of drug-likeness (QED) is 0.849. The number of nitrogens with two attached hydrogens (primary N) is 1. The van der Waals surface area contributed by atoms with Gasteiger partial charge in [0.15, 0.2) is 0 Å². The van der Waals surface area contributed by atoms with Gasteiger partial charge in [0.25, 0.3) is 0 Å². The molecule has 0 fully saturated rings. The van der Waals surface area contributed by atoms with Gasteiger partial charge in [0, 0.05) is 17.5 Å². The lowest BCUT2D eigenvalue weighted by atomic mass is 10.1. The summed E-state index contributed by atoms with van der Waals surface area (Å²) in [5.41, 5.74) is 6.73. The Morgan fingerprint density at radius 3 is 2.82 bits per heavy atom. The topological polar surface area (TPSA) is 55.1 Å². The lowest BCUT2D eigenvalue weighted by molar-refractivity contribution is -0.122. The van der Waals surface area contributed by atoms with E-state index in [1.165, 1.54) is 0 Å². The number of carbonyl (C=O) groups excluding carboxylic acids is 1. The molecule has 2 unspecified atom stereocenters. The van der Waals surface area contributed by atoms with Crippen molar-refractivity contribution >= 4 is 17.5 Å². The molecule has 4 heteroatoms. The Kier molecular flexibility index (Phi) is 5.45. The van der Waals surface area contributed by atoms with Crippen molar-refractivity contribution in [2.24, 2.45) is 5.73 Å². The normalized spacial score (nSPS) is 14.1. The van der Waals surface area contributed by atoms with Crippen molar-refractivity contribution in [1.29, 1.82) is 0 Å². The molecule has 0 bridgehead atoms. The van der Waals surface area contributed by atoms with E-state index in [1.807, 2.05) is 38.1 Å². The number of amides is 1. The molecule has 0 spiro atoms. The molecular weight excluding hydrogens is 236 g/mol. The lowest BCUT2D eigenvalue weighted by Crippen LogP contribution is -2.32. The average Bonchev–Trinajstić information content (AvgIpc) is 2.28. The predicted molar refractivity (Wildman–Crippen MR) is 70.9 cm³/mol. The fourth-order valence-electron chi connectivity index (χ4n) is 1.54. The van der Waals surface area contributed by atoms with Crippen LogP contribution in [-0.4, -0.2) is 11.9 Å². The third kappa shape index (κ3) is 4.75. The Morgan fingerprint density at radius 1 is 1.53 bits per heavy atom. The third-order valence-electron chi connectivity index (χ3n) is 2.70. The van der Waals surface area contributed by atoms with Crippen LogP contribution < -0.4 is 11.1 Å². The molecule has 0 radical (unpaired) electrons. The maximum absolute atomic E-state index is 11.7. The fourth-order valence-corrected chi connectivity index (χ4v) is 1.74. The zero-order chi connectivity index (χ0) is 12.8. The SMILES string of the molecule is CCC(N)CC(=O)NC(C)c1cccc(Cl)c1. The Balaban J connectivity index is 2.54. The molecular formula is C13H19ClN2O. The van der Waals surface area contributed by atoms with Gasteiger partial charge in [-0.15, -0.1) is 0 Å². The van der Waals surface area contributed by atoms with Gasteiger partial charge >= 0.3 is 0 Å². The van der Waals surface area contributed by atoms with Crippen LogP contribution in [-0.2, 0) is 4.79 Å². The first-order chi connectivity index (χ1) is 8.02. The number of hydrogen-bond donors (Lipinski definition) is 2. The Labute approximate surface area is 107 Å². The molecule has 3 N–H and O–H groups in total. The fraction of sp³-hybridized carbons (Fsp3) is 0.462. The number of nitrogens with one attached hydrogen (secondary N) is 1. The molecule has 0 aliphatic carbocycles. The number of carbonyl (C=O) groups is 1. The minimum atomic E-state index is -0.0680. The highest BCUT2D eigenvalue weighted by atomic mass is 35.5. The molecule has 1 rings (SSSR count). The molecule has 0 aromatic heterocycles. The van der Waals surface area contributed by atoms with E-state index in [2.05, 4.69) is 5.32 Å². The number of rotatable bonds is 5. The van der Waals surface area contributed by atoms with Crippen LogP contribution in [0.2, 0.25) is 5.02 Å². The van der Waals surface area contributed by atoms with Gasteiger partial charge in [0.2, 0.25) is 5.91 Å². The highest BCUT2D eigenvalue weighted by Crippen LogP contribution is 2.17. The third-order valence-corrected chi connectivity index (χ3v) is 2.93. The summed E-state index contributed by atoms with van der Waals surface area (Å²) in [6, 6.07) is 7.36. The van der Waals surface area contributed by atoms with Crippen molar-refractivity contribution in [3.63, 3.8) is 0 Å². The largest absolute Gasteiger partial charge is 0.350 e. The van der Waals surface area contributed by atoms with Crippen LogP contribution in [0.25, 0.3) is 0 Å². The Bertz CT molecular complexity index is 381. The molecule has 1 aromatic rings. The Morgan fingerprint density at radius 2 is 2.24 bits per heavy atom. The Hall–Kier alpha value is -1.06. The lowest BCUT2D eigenvalue weighted by Gasteiger charge is -2.16. The van der Waals surface area contributed by atoms with Crippen molar-refractivity contribution in [2.45, 2.75) is 38.8 Å². The summed E-state index contributed by atoms with van der Waals surface area (Å²) in [4.78, 5) is 11.7. The van der Waals surface area contributed by atoms with Crippen molar-refractivity contribution in [3.8, 4) is 0 Å². The van der Waals surface area contributed by atoms with E-state index in [0.717, 1.165) is 12.0 Å². The molecule has 94 valence electrons. The highest BCUT2D eigenvalue weighted by molar-refractivity contribution is 6.30. The molecule has 17 heavy (non-hydrogen) atoms. The number of benzene rings is 1. The van der Waals surface area contributed by atoms with Crippen molar-refractivity contribution in [1.82, 2.24) is 5.32 Å². The van der Waals surface area contributed by atoms with Gasteiger partial charge in [-0.1, -0.05) is 30.7 Å². The molecule has 0 saturated heterocycles. The van der Waals surface area contributed by atoms with Gasteiger partial charge in [-0.25, -0.2) is 0 Å². The van der Waals surface area contributed by atoms with Crippen LogP contribution in [0.15, 0.2) is 24.3 Å². The van der Waals surface area contributed by atoms with Gasteiger partial charge in [-0.2, -0.15) is 0 Å². The molecule has 2 atom stereocenters. The van der Waals surface area contributed by atoms with Crippen LogP contribution >= 0.6 is 11.6 Å². The van der Waals surface area contributed by atoms with Crippen LogP contribution in [0.1, 0.15) is 38.3 Å². The van der Waals surface area contributed by atoms with Crippen LogP contribution in [0.5, 0.6) is 0 Å². The summed E-state index contributed by atoms with van der Waals surface area (Å²) in [5.74, 6) is -0.0215. The van der Waals surface area contributed by atoms with Gasteiger partial charge in [-0.05, 0) is 31.0 Å². The second-order valence-corrected chi connectivity index (χ2v) is 4.65. The van der Waals surface area contributed by atoms with Gasteiger partial charge in [-0.3, -0.25) is 4.79 Å². The number of halogens is 1. The predicted octanol–water partition coefficient (Wildman–Crippen LogP) is 2.64. The first kappa shape index (κ1) is 14.0. The van der Waals surface area contributed by atoms with E-state index in [1.54, 1.807) is 0 Å². The summed E-state index contributed by atoms with van der Waals surface area (Å²) in [7, 11) is 0. The van der Waals surface area contributed by atoms with E-state index >= 15 is 0 Å². The van der Waals surface area contributed by atoms with Crippen molar-refractivity contribution < 1.29 is 4.79 Å². The molecule has 0 aliphatic rings. The first-order valence-electron chi connectivity index (χ1n) is 5.83. The van der Waals surface area contributed by atoms with Gasteiger partial charge < -0.3 is 11.1 Å². The molecule has 1 amide bonds. The summed E-state index contributed by atoms with van der Waals surface area (Å²) < 4.78 is 0. The van der Waals surface area contributed by atoms with Crippen molar-refractivity contribution in [2.75, 3.05) is 0 Å². The molecule has 3 nitrogen and oxygen atoms in total. The monoisotopic (exact) mass is 254 g/mol. The first-order valence-corrected chi connectivity index (χ1v) is 6.21. The highest BCUT2D eigenvalue weighted by Gasteiger charge is 2.12. The summed E-state index contributed by atoms with van der Waals surface area (Å²) >= 11 is 5.90. The van der Waals surface area contributed by atoms with E-state index in [-0.39, 0.29) is 18.0 Å². The molecule has 1 aromatic carbocycles. The second-order valence-electron chi connectivity index (χ2n) is 4.22. The summed E-state index contributed by atoms with van der Waals surface area (Å²) in [5, 5.41) is 3.59. The maximum atomic E-state index is 11.7. The molecule has 0 saturated carbocycles. The number of hydrogen-bond acceptors (Lipinski definition) is 2.